The molecular formula is C33H37ClN2S. The third-order valence-corrected chi connectivity index (χ3v) is 9.54. The summed E-state index contributed by atoms with van der Waals surface area (Å²) in [6.07, 6.45) is 15.3. The van der Waals surface area contributed by atoms with Crippen molar-refractivity contribution in [3.8, 4) is 0 Å². The van der Waals surface area contributed by atoms with Gasteiger partial charge in [0.15, 0.2) is 0 Å². The average Bonchev–Trinajstić information content (AvgIpc) is 3.67. The number of aromatic nitrogens is 2. The van der Waals surface area contributed by atoms with Crippen LogP contribution in [0.3, 0.4) is 0 Å². The van der Waals surface area contributed by atoms with Crippen LogP contribution in [0.15, 0.2) is 64.6 Å². The Kier molecular flexibility index (Phi) is 7.11. The molecule has 0 radical (unpaired) electrons. The summed E-state index contributed by atoms with van der Waals surface area (Å²) in [6, 6.07) is 13.7. The second kappa shape index (κ2) is 10.5. The third-order valence-electron chi connectivity index (χ3n) is 7.98. The first kappa shape index (κ1) is 25.1. The van der Waals surface area contributed by atoms with Crippen molar-refractivity contribution in [1.82, 2.24) is 9.55 Å². The van der Waals surface area contributed by atoms with Gasteiger partial charge in [0, 0.05) is 28.3 Å². The number of hydrogen-bond acceptors (Lipinski definition) is 2. The van der Waals surface area contributed by atoms with Gasteiger partial charge in [-0.25, -0.2) is 4.98 Å². The molecule has 3 aromatic rings. The maximum absolute atomic E-state index is 7.00. The molecule has 0 amide bonds. The maximum atomic E-state index is 7.00. The molecule has 6 rings (SSSR count). The predicted molar refractivity (Wildman–Crippen MR) is 160 cm³/mol. The van der Waals surface area contributed by atoms with Crippen molar-refractivity contribution >= 4 is 46.2 Å². The number of hydrogen-bond donors (Lipinski definition) is 0. The molecule has 2 nitrogen and oxygen atoms in total. The Balaban J connectivity index is 1.37. The topological polar surface area (TPSA) is 17.8 Å². The Bertz CT molecular complexity index is 1400. The lowest BCUT2D eigenvalue weighted by Gasteiger charge is -2.24. The van der Waals surface area contributed by atoms with Crippen molar-refractivity contribution in [2.24, 2.45) is 11.8 Å². The van der Waals surface area contributed by atoms with E-state index >= 15 is 0 Å². The minimum Gasteiger partial charge on any atom is -0.303 e. The first-order chi connectivity index (χ1) is 18.0. The van der Waals surface area contributed by atoms with Crippen LogP contribution in [0, 0.1) is 11.8 Å². The van der Waals surface area contributed by atoms with Gasteiger partial charge in [0.25, 0.3) is 0 Å². The summed E-state index contributed by atoms with van der Waals surface area (Å²) in [5.41, 5.74) is 8.83. The van der Waals surface area contributed by atoms with Crippen LogP contribution in [0.5, 0.6) is 0 Å². The fraction of sp³-hybridized carbons (Fsp3) is 0.424. The molecule has 0 saturated heterocycles. The molecular weight excluding hydrogens is 492 g/mol. The van der Waals surface area contributed by atoms with Gasteiger partial charge in [-0.2, -0.15) is 0 Å². The smallest absolute Gasteiger partial charge is 0.121 e. The molecule has 2 aromatic carbocycles. The van der Waals surface area contributed by atoms with E-state index < -0.39 is 0 Å². The predicted octanol–water partition coefficient (Wildman–Crippen LogP) is 10.1. The highest BCUT2D eigenvalue weighted by Gasteiger charge is 2.28. The molecule has 3 aliphatic rings. The monoisotopic (exact) mass is 528 g/mol. The molecule has 1 aromatic heterocycles. The molecule has 1 atom stereocenters. The summed E-state index contributed by atoms with van der Waals surface area (Å²) in [4.78, 5) is 6.64. The zero-order valence-electron chi connectivity index (χ0n) is 22.3. The molecule has 192 valence electrons. The van der Waals surface area contributed by atoms with Crippen molar-refractivity contribution < 1.29 is 0 Å². The summed E-state index contributed by atoms with van der Waals surface area (Å²) in [6.45, 7) is 6.84. The Morgan fingerprint density at radius 1 is 1.08 bits per heavy atom. The number of fused-ring (bicyclic) bond motifs is 3. The molecule has 0 bridgehead atoms. The van der Waals surface area contributed by atoms with E-state index in [-0.39, 0.29) is 5.92 Å². The molecule has 2 aliphatic carbocycles. The van der Waals surface area contributed by atoms with Crippen molar-refractivity contribution in [3.05, 3.63) is 81.7 Å². The fourth-order valence-electron chi connectivity index (χ4n) is 5.75. The number of halogens is 1. The maximum Gasteiger partial charge on any atom is 0.121 e. The quantitative estimate of drug-likeness (QED) is 0.270. The molecule has 37 heavy (non-hydrogen) atoms. The van der Waals surface area contributed by atoms with Gasteiger partial charge in [0.05, 0.1) is 16.1 Å². The lowest BCUT2D eigenvalue weighted by molar-refractivity contribution is 0.648. The van der Waals surface area contributed by atoms with Gasteiger partial charge in [0.2, 0.25) is 0 Å². The minimum absolute atomic E-state index is 0.266. The number of benzene rings is 2. The van der Waals surface area contributed by atoms with E-state index in [9.17, 15) is 0 Å². The second-order valence-corrected chi connectivity index (χ2v) is 12.9. The van der Waals surface area contributed by atoms with Crippen LogP contribution in [-0.2, 0) is 0 Å². The Labute approximate surface area is 230 Å². The van der Waals surface area contributed by atoms with Crippen molar-refractivity contribution in [3.63, 3.8) is 0 Å². The van der Waals surface area contributed by atoms with E-state index in [4.69, 9.17) is 16.6 Å². The molecule has 1 unspecified atom stereocenters. The fourth-order valence-corrected chi connectivity index (χ4v) is 7.10. The van der Waals surface area contributed by atoms with Crippen molar-refractivity contribution in [1.29, 1.82) is 0 Å². The van der Waals surface area contributed by atoms with Crippen molar-refractivity contribution in [2.75, 3.05) is 5.75 Å². The van der Waals surface area contributed by atoms with E-state index in [1.807, 2.05) is 11.8 Å². The zero-order chi connectivity index (χ0) is 25.5. The Morgan fingerprint density at radius 3 is 2.59 bits per heavy atom. The van der Waals surface area contributed by atoms with Crippen LogP contribution in [0.4, 0.5) is 0 Å². The van der Waals surface area contributed by atoms with E-state index in [0.29, 0.717) is 5.92 Å². The van der Waals surface area contributed by atoms with Gasteiger partial charge in [-0.1, -0.05) is 62.2 Å². The van der Waals surface area contributed by atoms with E-state index in [2.05, 4.69) is 80.1 Å². The minimum atomic E-state index is 0.266. The standard InChI is InChI=1S/C33H37ClN2S/c1-4-22-16-28(24-11-13-26(14-12-24)37-20-23-9-10-23)33-35-31-17-29(30(34)18-32(31)36(33)19-22)27-8-6-5-7-25(27)15-21(2)3/h7-8,11-14,17-19,21,23,28H,4-6,9-10,15-16,20H2,1-3H3. The van der Waals surface area contributed by atoms with Gasteiger partial charge in [-0.15, -0.1) is 11.8 Å². The average molecular weight is 529 g/mol. The molecule has 0 spiro atoms. The molecule has 1 saturated carbocycles. The third kappa shape index (κ3) is 5.22. The number of thioether (sulfide) groups is 1. The first-order valence-corrected chi connectivity index (χ1v) is 15.4. The van der Waals surface area contributed by atoms with Crippen LogP contribution in [0.2, 0.25) is 5.02 Å². The van der Waals surface area contributed by atoms with Gasteiger partial charge in [-0.05, 0) is 97.8 Å². The highest BCUT2D eigenvalue weighted by molar-refractivity contribution is 7.99. The molecule has 1 fully saturated rings. The van der Waals surface area contributed by atoms with E-state index in [1.54, 1.807) is 0 Å². The highest BCUT2D eigenvalue weighted by Crippen LogP contribution is 2.42. The summed E-state index contributed by atoms with van der Waals surface area (Å²) in [7, 11) is 0. The van der Waals surface area contributed by atoms with E-state index in [0.717, 1.165) is 65.5 Å². The van der Waals surface area contributed by atoms with Crippen LogP contribution in [0.25, 0.3) is 22.8 Å². The van der Waals surface area contributed by atoms with Gasteiger partial charge >= 0.3 is 0 Å². The molecule has 2 heterocycles. The number of rotatable bonds is 8. The van der Waals surface area contributed by atoms with Crippen LogP contribution in [0.1, 0.15) is 88.6 Å². The van der Waals surface area contributed by atoms with Gasteiger partial charge in [0.1, 0.15) is 5.82 Å². The number of allylic oxidation sites excluding steroid dienone is 5. The number of imidazole rings is 1. The van der Waals surface area contributed by atoms with Gasteiger partial charge < -0.3 is 4.57 Å². The van der Waals surface area contributed by atoms with Gasteiger partial charge in [-0.3, -0.25) is 0 Å². The lowest BCUT2D eigenvalue weighted by atomic mass is 9.87. The first-order valence-electron chi connectivity index (χ1n) is 14.0. The summed E-state index contributed by atoms with van der Waals surface area (Å²) in [5.74, 6) is 4.22. The second-order valence-electron chi connectivity index (χ2n) is 11.4. The summed E-state index contributed by atoms with van der Waals surface area (Å²) < 4.78 is 2.31. The van der Waals surface area contributed by atoms with Crippen LogP contribution >= 0.6 is 23.4 Å². The van der Waals surface area contributed by atoms with E-state index in [1.165, 1.54) is 45.8 Å². The molecule has 1 aliphatic heterocycles. The molecule has 0 N–H and O–H groups in total. The largest absolute Gasteiger partial charge is 0.303 e. The summed E-state index contributed by atoms with van der Waals surface area (Å²) in [5, 5.41) is 0.823. The normalized spacial score (nSPS) is 19.6. The highest BCUT2D eigenvalue weighted by atomic mass is 35.5. The van der Waals surface area contributed by atoms with Crippen LogP contribution in [-0.4, -0.2) is 15.3 Å². The zero-order valence-corrected chi connectivity index (χ0v) is 23.8. The Hall–Kier alpha value is -2.23. The summed E-state index contributed by atoms with van der Waals surface area (Å²) >= 11 is 9.01. The SMILES string of the molecule is CCC1=Cn2c(nc3cc(C4=CCCC=C4CC(C)C)c(Cl)cc32)C(c2ccc(SCC3CC3)cc2)C1. The Morgan fingerprint density at radius 2 is 1.86 bits per heavy atom. The number of nitrogens with zero attached hydrogens (tertiary/aromatic N) is 2. The van der Waals surface area contributed by atoms with Crippen molar-refractivity contribution in [2.45, 2.75) is 76.5 Å². The lowest BCUT2D eigenvalue weighted by Crippen LogP contribution is -2.13. The van der Waals surface area contributed by atoms with Crippen LogP contribution < -0.4 is 0 Å². The molecule has 4 heteroatoms.